The van der Waals surface area contributed by atoms with Crippen LogP contribution in [0.15, 0.2) is 12.3 Å². The van der Waals surface area contributed by atoms with Crippen LogP contribution in [0.5, 0.6) is 0 Å². The van der Waals surface area contributed by atoms with Gasteiger partial charge in [-0.2, -0.15) is 5.10 Å². The monoisotopic (exact) mass is 141 g/mol. The Morgan fingerprint density at radius 2 is 2.44 bits per heavy atom. The molecular formula is C6H6ClN2. The minimum Gasteiger partial charge on any atom is -0.158 e. The Bertz CT molecular complexity index is 200. The van der Waals surface area contributed by atoms with Crippen LogP contribution < -0.4 is 0 Å². The molecule has 0 bridgehead atoms. The average Bonchev–Trinajstić information content (AvgIpc) is 1.89. The van der Waals surface area contributed by atoms with Gasteiger partial charge < -0.3 is 0 Å². The van der Waals surface area contributed by atoms with E-state index in [9.17, 15) is 0 Å². The van der Waals surface area contributed by atoms with Crippen LogP contribution >= 0.6 is 11.6 Å². The molecule has 0 amide bonds. The van der Waals surface area contributed by atoms with E-state index < -0.39 is 0 Å². The van der Waals surface area contributed by atoms with Gasteiger partial charge in [-0.1, -0.05) is 18.5 Å². The Balaban J connectivity index is 3.01. The van der Waals surface area contributed by atoms with Crippen molar-refractivity contribution in [1.29, 1.82) is 0 Å². The van der Waals surface area contributed by atoms with E-state index >= 15 is 0 Å². The van der Waals surface area contributed by atoms with Gasteiger partial charge in [0.15, 0.2) is 5.15 Å². The van der Waals surface area contributed by atoms with Gasteiger partial charge in [0, 0.05) is 6.20 Å². The van der Waals surface area contributed by atoms with Crippen LogP contribution in [-0.4, -0.2) is 10.2 Å². The van der Waals surface area contributed by atoms with Crippen molar-refractivity contribution in [1.82, 2.24) is 10.2 Å². The summed E-state index contributed by atoms with van der Waals surface area (Å²) < 4.78 is 0. The first-order valence-electron chi connectivity index (χ1n) is 2.61. The number of halogens is 1. The molecule has 0 atom stereocenters. The van der Waals surface area contributed by atoms with Gasteiger partial charge in [0.2, 0.25) is 0 Å². The molecule has 1 heterocycles. The fraction of sp³-hybridized carbons (Fsp3) is 0.167. The predicted molar refractivity (Wildman–Crippen MR) is 36.1 cm³/mol. The standard InChI is InChI=1S/C6H6ClN2/c1-2-5-3-4-8-9-6(5)7/h2-4H,1H3. The first-order chi connectivity index (χ1) is 4.34. The zero-order valence-electron chi connectivity index (χ0n) is 5.00. The van der Waals surface area contributed by atoms with Crippen LogP contribution in [-0.2, 0) is 0 Å². The van der Waals surface area contributed by atoms with E-state index in [4.69, 9.17) is 11.6 Å². The number of aromatic nitrogens is 2. The van der Waals surface area contributed by atoms with Crippen LogP contribution in [0.1, 0.15) is 12.5 Å². The first-order valence-corrected chi connectivity index (χ1v) is 2.99. The van der Waals surface area contributed by atoms with Crippen molar-refractivity contribution < 1.29 is 0 Å². The van der Waals surface area contributed by atoms with Crippen LogP contribution in [0.4, 0.5) is 0 Å². The molecule has 47 valence electrons. The van der Waals surface area contributed by atoms with Crippen LogP contribution in [0.25, 0.3) is 0 Å². The predicted octanol–water partition coefficient (Wildman–Crippen LogP) is 1.70. The smallest absolute Gasteiger partial charge is 0.155 e. The molecule has 0 saturated heterocycles. The lowest BCUT2D eigenvalue weighted by molar-refractivity contribution is 1.02. The van der Waals surface area contributed by atoms with Crippen LogP contribution in [0, 0.1) is 6.42 Å². The van der Waals surface area contributed by atoms with Gasteiger partial charge in [-0.15, -0.1) is 5.10 Å². The molecule has 0 unspecified atom stereocenters. The average molecular weight is 142 g/mol. The molecule has 0 spiro atoms. The number of rotatable bonds is 1. The third-order valence-electron chi connectivity index (χ3n) is 1.02. The van der Waals surface area contributed by atoms with Crippen molar-refractivity contribution in [2.75, 3.05) is 0 Å². The van der Waals surface area contributed by atoms with Gasteiger partial charge in [-0.3, -0.25) is 0 Å². The summed E-state index contributed by atoms with van der Waals surface area (Å²) in [5.41, 5.74) is 0.923. The Hall–Kier alpha value is -0.630. The molecule has 1 radical (unpaired) electrons. The molecule has 2 nitrogen and oxygen atoms in total. The molecule has 0 aromatic carbocycles. The zero-order chi connectivity index (χ0) is 6.69. The summed E-state index contributed by atoms with van der Waals surface area (Å²) in [4.78, 5) is 0. The molecule has 3 heteroatoms. The molecule has 9 heavy (non-hydrogen) atoms. The highest BCUT2D eigenvalue weighted by Gasteiger charge is 1.95. The Morgan fingerprint density at radius 3 is 2.89 bits per heavy atom. The van der Waals surface area contributed by atoms with E-state index in [-0.39, 0.29) is 0 Å². The fourth-order valence-corrected chi connectivity index (χ4v) is 0.755. The maximum atomic E-state index is 5.62. The summed E-state index contributed by atoms with van der Waals surface area (Å²) in [7, 11) is 0. The van der Waals surface area contributed by atoms with Gasteiger partial charge in [0.05, 0.1) is 0 Å². The summed E-state index contributed by atoms with van der Waals surface area (Å²) in [5.74, 6) is 0. The second-order valence-corrected chi connectivity index (χ2v) is 1.92. The summed E-state index contributed by atoms with van der Waals surface area (Å²) in [6.45, 7) is 1.91. The van der Waals surface area contributed by atoms with Crippen LogP contribution in [0.2, 0.25) is 5.15 Å². The third-order valence-corrected chi connectivity index (χ3v) is 1.31. The van der Waals surface area contributed by atoms with Crippen molar-refractivity contribution in [2.45, 2.75) is 6.92 Å². The van der Waals surface area contributed by atoms with Gasteiger partial charge in [-0.25, -0.2) is 0 Å². The van der Waals surface area contributed by atoms with Gasteiger partial charge in [0.1, 0.15) is 0 Å². The maximum Gasteiger partial charge on any atom is 0.155 e. The largest absolute Gasteiger partial charge is 0.158 e. The topological polar surface area (TPSA) is 25.8 Å². The van der Waals surface area contributed by atoms with Crippen molar-refractivity contribution in [3.63, 3.8) is 0 Å². The van der Waals surface area contributed by atoms with Crippen molar-refractivity contribution >= 4 is 11.6 Å². The molecule has 1 aromatic rings. The highest BCUT2D eigenvalue weighted by atomic mass is 35.5. The lowest BCUT2D eigenvalue weighted by atomic mass is 10.2. The lowest BCUT2D eigenvalue weighted by Gasteiger charge is -1.93. The highest BCUT2D eigenvalue weighted by Crippen LogP contribution is 2.10. The molecule has 1 aromatic heterocycles. The summed E-state index contributed by atoms with van der Waals surface area (Å²) in [5, 5.41) is 7.68. The second-order valence-electron chi connectivity index (χ2n) is 1.57. The number of nitrogens with zero attached hydrogens (tertiary/aromatic N) is 2. The lowest BCUT2D eigenvalue weighted by Crippen LogP contribution is -1.85. The van der Waals surface area contributed by atoms with E-state index in [0.717, 1.165) is 5.56 Å². The van der Waals surface area contributed by atoms with E-state index in [2.05, 4.69) is 10.2 Å². The number of hydrogen-bond donors (Lipinski definition) is 0. The molecule has 0 saturated carbocycles. The van der Waals surface area contributed by atoms with Crippen molar-refractivity contribution in [3.05, 3.63) is 29.4 Å². The molecular weight excluding hydrogens is 136 g/mol. The third kappa shape index (κ3) is 1.39. The summed E-state index contributed by atoms with van der Waals surface area (Å²) in [6, 6.07) is 1.81. The summed E-state index contributed by atoms with van der Waals surface area (Å²) in [6.07, 6.45) is 3.50. The van der Waals surface area contributed by atoms with Gasteiger partial charge >= 0.3 is 0 Å². The normalized spacial score (nSPS) is 9.56. The minimum atomic E-state index is 0.458. The van der Waals surface area contributed by atoms with E-state index in [1.54, 1.807) is 6.20 Å². The van der Waals surface area contributed by atoms with E-state index in [1.807, 2.05) is 19.4 Å². The van der Waals surface area contributed by atoms with E-state index in [1.165, 1.54) is 0 Å². The first kappa shape index (κ1) is 6.49. The maximum absolute atomic E-state index is 5.62. The quantitative estimate of drug-likeness (QED) is 0.595. The zero-order valence-corrected chi connectivity index (χ0v) is 5.76. The SMILES string of the molecule is C[CH]c1ccnnc1Cl. The van der Waals surface area contributed by atoms with Gasteiger partial charge in [0.25, 0.3) is 0 Å². The van der Waals surface area contributed by atoms with Crippen molar-refractivity contribution in [2.24, 2.45) is 0 Å². The van der Waals surface area contributed by atoms with Crippen LogP contribution in [0.3, 0.4) is 0 Å². The molecule has 0 aliphatic carbocycles. The molecule has 1 rings (SSSR count). The highest BCUT2D eigenvalue weighted by molar-refractivity contribution is 6.30. The minimum absolute atomic E-state index is 0.458. The van der Waals surface area contributed by atoms with Crippen molar-refractivity contribution in [3.8, 4) is 0 Å². The molecule has 0 aliphatic heterocycles. The Kier molecular flexibility index (Phi) is 2.01. The fourth-order valence-electron chi connectivity index (χ4n) is 0.539. The Morgan fingerprint density at radius 1 is 1.67 bits per heavy atom. The second kappa shape index (κ2) is 2.78. The number of hydrogen-bond acceptors (Lipinski definition) is 2. The van der Waals surface area contributed by atoms with Gasteiger partial charge in [-0.05, 0) is 18.1 Å². The van der Waals surface area contributed by atoms with E-state index in [0.29, 0.717) is 5.15 Å². The molecule has 0 aliphatic rings. The molecule has 0 fully saturated rings. The Labute approximate surface area is 58.9 Å². The molecule has 0 N–H and O–H groups in total. The summed E-state index contributed by atoms with van der Waals surface area (Å²) >= 11 is 5.62.